The number of halogens is 2. The Hall–Kier alpha value is -0.950. The SMILES string of the molecule is CC1(C)C(NCl)C(C)(C)C1Oc1ccc(C#N)c(Cl)c1. The van der Waals surface area contributed by atoms with Gasteiger partial charge in [0, 0.05) is 22.9 Å². The van der Waals surface area contributed by atoms with Crippen LogP contribution in [0.4, 0.5) is 0 Å². The highest BCUT2D eigenvalue weighted by molar-refractivity contribution is 6.31. The second-order valence-corrected chi connectivity index (χ2v) is 7.06. The van der Waals surface area contributed by atoms with Crippen LogP contribution in [-0.4, -0.2) is 12.1 Å². The topological polar surface area (TPSA) is 45.0 Å². The Morgan fingerprint density at radius 3 is 2.30 bits per heavy atom. The van der Waals surface area contributed by atoms with Crippen LogP contribution in [0.3, 0.4) is 0 Å². The van der Waals surface area contributed by atoms with E-state index in [2.05, 4.69) is 32.5 Å². The fourth-order valence-electron chi connectivity index (χ4n) is 3.50. The molecule has 0 amide bonds. The van der Waals surface area contributed by atoms with Gasteiger partial charge in [-0.25, -0.2) is 4.84 Å². The van der Waals surface area contributed by atoms with Crippen molar-refractivity contribution in [3.8, 4) is 11.8 Å². The summed E-state index contributed by atoms with van der Waals surface area (Å²) in [4.78, 5) is 2.85. The first-order chi connectivity index (χ1) is 9.25. The molecule has 0 atom stereocenters. The molecule has 1 saturated carbocycles. The second kappa shape index (κ2) is 5.11. The standard InChI is InChI=1S/C15H18Cl2N2O/c1-14(2)12(19-17)15(3,4)13(14)20-10-6-5-9(8-18)11(16)7-10/h5-7,12-13,19H,1-4H3. The van der Waals surface area contributed by atoms with Crippen molar-refractivity contribution in [1.29, 1.82) is 5.26 Å². The van der Waals surface area contributed by atoms with Gasteiger partial charge < -0.3 is 4.74 Å². The maximum Gasteiger partial charge on any atom is 0.121 e. The average Bonchev–Trinajstić information content (AvgIpc) is 2.35. The summed E-state index contributed by atoms with van der Waals surface area (Å²) < 4.78 is 6.10. The van der Waals surface area contributed by atoms with E-state index in [9.17, 15) is 0 Å². The fourth-order valence-corrected chi connectivity index (χ4v) is 4.28. The Morgan fingerprint density at radius 2 is 1.85 bits per heavy atom. The maximum atomic E-state index is 8.88. The van der Waals surface area contributed by atoms with Gasteiger partial charge >= 0.3 is 0 Å². The molecule has 5 heteroatoms. The van der Waals surface area contributed by atoms with Gasteiger partial charge in [-0.05, 0) is 23.9 Å². The third-order valence-corrected chi connectivity index (χ3v) is 4.79. The fraction of sp³-hybridized carbons (Fsp3) is 0.533. The minimum Gasteiger partial charge on any atom is -0.489 e. The molecule has 1 N–H and O–H groups in total. The molecule has 1 fully saturated rings. The van der Waals surface area contributed by atoms with Crippen molar-refractivity contribution in [2.75, 3.05) is 0 Å². The van der Waals surface area contributed by atoms with Crippen molar-refractivity contribution >= 4 is 23.4 Å². The Balaban J connectivity index is 2.23. The zero-order valence-corrected chi connectivity index (χ0v) is 13.5. The summed E-state index contributed by atoms with van der Waals surface area (Å²) in [5.74, 6) is 0.674. The third kappa shape index (κ3) is 2.26. The first-order valence-corrected chi connectivity index (χ1v) is 7.23. The summed E-state index contributed by atoms with van der Waals surface area (Å²) in [7, 11) is 0. The van der Waals surface area contributed by atoms with Crippen LogP contribution < -0.4 is 9.57 Å². The van der Waals surface area contributed by atoms with Crippen LogP contribution in [0.15, 0.2) is 18.2 Å². The van der Waals surface area contributed by atoms with Gasteiger partial charge in [0.15, 0.2) is 0 Å². The van der Waals surface area contributed by atoms with E-state index in [0.29, 0.717) is 16.3 Å². The zero-order valence-electron chi connectivity index (χ0n) is 12.0. The van der Waals surface area contributed by atoms with E-state index < -0.39 is 0 Å². The summed E-state index contributed by atoms with van der Waals surface area (Å²) in [6.07, 6.45) is 0.00949. The van der Waals surface area contributed by atoms with Crippen LogP contribution in [0.5, 0.6) is 5.75 Å². The van der Waals surface area contributed by atoms with Gasteiger partial charge in [-0.3, -0.25) is 0 Å². The molecule has 0 saturated heterocycles. The molecule has 0 bridgehead atoms. The molecule has 0 spiro atoms. The number of nitrogens with one attached hydrogen (secondary N) is 1. The summed E-state index contributed by atoms with van der Waals surface area (Å²) in [6.45, 7) is 8.48. The highest BCUT2D eigenvalue weighted by Gasteiger charge is 2.63. The molecule has 2 rings (SSSR count). The van der Waals surface area contributed by atoms with Crippen molar-refractivity contribution in [3.05, 3.63) is 28.8 Å². The molecule has 1 aromatic rings. The molecule has 0 aliphatic heterocycles. The number of hydrogen-bond donors (Lipinski definition) is 1. The van der Waals surface area contributed by atoms with Gasteiger partial charge in [0.2, 0.25) is 0 Å². The molecular weight excluding hydrogens is 295 g/mol. The first kappa shape index (κ1) is 15.4. The molecule has 0 aromatic heterocycles. The van der Waals surface area contributed by atoms with Crippen LogP contribution in [0, 0.1) is 22.2 Å². The van der Waals surface area contributed by atoms with Gasteiger partial charge in [0.25, 0.3) is 0 Å². The van der Waals surface area contributed by atoms with E-state index in [1.54, 1.807) is 18.2 Å². The minimum atomic E-state index is -0.0916. The normalized spacial score (nSPS) is 26.4. The van der Waals surface area contributed by atoms with E-state index in [4.69, 9.17) is 33.4 Å². The lowest BCUT2D eigenvalue weighted by molar-refractivity contribution is -0.161. The number of rotatable bonds is 3. The Labute approximate surface area is 129 Å². The minimum absolute atomic E-state index is 0.00949. The van der Waals surface area contributed by atoms with Crippen molar-refractivity contribution in [3.63, 3.8) is 0 Å². The molecule has 108 valence electrons. The van der Waals surface area contributed by atoms with Gasteiger partial charge in [0.1, 0.15) is 17.9 Å². The van der Waals surface area contributed by atoms with Gasteiger partial charge in [-0.2, -0.15) is 5.26 Å². The van der Waals surface area contributed by atoms with Gasteiger partial charge in [-0.15, -0.1) is 0 Å². The molecule has 0 heterocycles. The Kier molecular flexibility index (Phi) is 3.94. The van der Waals surface area contributed by atoms with Crippen LogP contribution in [0.1, 0.15) is 33.3 Å². The van der Waals surface area contributed by atoms with Gasteiger partial charge in [0.05, 0.1) is 10.6 Å². The van der Waals surface area contributed by atoms with Crippen LogP contribution in [0.25, 0.3) is 0 Å². The third-order valence-electron chi connectivity index (χ3n) is 4.26. The second-order valence-electron chi connectivity index (χ2n) is 6.44. The molecular formula is C15H18Cl2N2O. The Bertz CT molecular complexity index is 547. The lowest BCUT2D eigenvalue weighted by Crippen LogP contribution is -2.72. The average molecular weight is 313 g/mol. The van der Waals surface area contributed by atoms with Crippen LogP contribution in [-0.2, 0) is 0 Å². The molecule has 0 radical (unpaired) electrons. The number of ether oxygens (including phenoxy) is 1. The highest BCUT2D eigenvalue weighted by Crippen LogP contribution is 2.55. The van der Waals surface area contributed by atoms with E-state index in [-0.39, 0.29) is 23.0 Å². The zero-order chi connectivity index (χ0) is 15.1. The maximum absolute atomic E-state index is 8.88. The van der Waals surface area contributed by atoms with Crippen molar-refractivity contribution in [2.24, 2.45) is 10.8 Å². The van der Waals surface area contributed by atoms with Crippen molar-refractivity contribution in [1.82, 2.24) is 4.84 Å². The molecule has 20 heavy (non-hydrogen) atoms. The molecule has 1 aliphatic carbocycles. The first-order valence-electron chi connectivity index (χ1n) is 6.47. The smallest absolute Gasteiger partial charge is 0.121 e. The number of benzene rings is 1. The number of nitriles is 1. The molecule has 3 nitrogen and oxygen atoms in total. The predicted octanol–water partition coefficient (Wildman–Crippen LogP) is 4.14. The van der Waals surface area contributed by atoms with E-state index in [1.807, 2.05) is 6.07 Å². The Morgan fingerprint density at radius 1 is 1.25 bits per heavy atom. The molecule has 0 unspecified atom stereocenters. The van der Waals surface area contributed by atoms with Crippen LogP contribution >= 0.6 is 23.4 Å². The van der Waals surface area contributed by atoms with Crippen molar-refractivity contribution < 1.29 is 4.74 Å². The summed E-state index contributed by atoms with van der Waals surface area (Å²) in [5.41, 5.74) is 0.267. The number of hydrogen-bond acceptors (Lipinski definition) is 3. The van der Waals surface area contributed by atoms with E-state index in [0.717, 1.165) is 0 Å². The lowest BCUT2D eigenvalue weighted by atomic mass is 9.50. The summed E-state index contributed by atoms with van der Waals surface area (Å²) >= 11 is 11.9. The predicted molar refractivity (Wildman–Crippen MR) is 80.9 cm³/mol. The van der Waals surface area contributed by atoms with Crippen LogP contribution in [0.2, 0.25) is 5.02 Å². The molecule has 1 aliphatic rings. The monoisotopic (exact) mass is 312 g/mol. The summed E-state index contributed by atoms with van der Waals surface area (Å²) in [5, 5.41) is 9.29. The van der Waals surface area contributed by atoms with Gasteiger partial charge in [-0.1, -0.05) is 39.3 Å². The largest absolute Gasteiger partial charge is 0.489 e. The molecule has 1 aromatic carbocycles. The van der Waals surface area contributed by atoms with E-state index >= 15 is 0 Å². The van der Waals surface area contributed by atoms with Crippen molar-refractivity contribution in [2.45, 2.75) is 39.8 Å². The van der Waals surface area contributed by atoms with E-state index in [1.165, 1.54) is 0 Å². The lowest BCUT2D eigenvalue weighted by Gasteiger charge is -2.62. The highest BCUT2D eigenvalue weighted by atomic mass is 35.5. The number of nitrogens with zero attached hydrogens (tertiary/aromatic N) is 1. The quantitative estimate of drug-likeness (QED) is 0.853. The summed E-state index contributed by atoms with van der Waals surface area (Å²) in [6, 6.07) is 7.34.